The second-order valence-corrected chi connectivity index (χ2v) is 7.45. The van der Waals surface area contributed by atoms with E-state index in [9.17, 15) is 18.0 Å². The number of fused-ring (bicyclic) bond motifs is 1. The lowest BCUT2D eigenvalue weighted by molar-refractivity contribution is -0.137. The van der Waals surface area contributed by atoms with Crippen LogP contribution in [0.4, 0.5) is 19.0 Å². The molecule has 1 N–H and O–H groups in total. The van der Waals surface area contributed by atoms with E-state index in [-0.39, 0.29) is 29.3 Å². The zero-order chi connectivity index (χ0) is 22.6. The zero-order valence-electron chi connectivity index (χ0n) is 16.3. The number of rotatable bonds is 7. The van der Waals surface area contributed by atoms with Crippen molar-refractivity contribution in [2.75, 3.05) is 11.1 Å². The zero-order valence-corrected chi connectivity index (χ0v) is 17.1. The van der Waals surface area contributed by atoms with Gasteiger partial charge in [-0.25, -0.2) is 4.98 Å². The van der Waals surface area contributed by atoms with Crippen molar-refractivity contribution >= 4 is 34.3 Å². The summed E-state index contributed by atoms with van der Waals surface area (Å²) in [5.41, 5.74) is -0.894. The minimum atomic E-state index is -4.49. The van der Waals surface area contributed by atoms with Crippen LogP contribution in [0.15, 0.2) is 70.4 Å². The van der Waals surface area contributed by atoms with Crippen LogP contribution in [0.25, 0.3) is 10.8 Å². The Bertz CT molecular complexity index is 1230. The molecular formula is C21H15F3N4O3S. The number of carbonyl (C=O) groups excluding carboxylic acids is 1. The normalized spacial score (nSPS) is 11.5. The van der Waals surface area contributed by atoms with Crippen LogP contribution in [-0.2, 0) is 17.6 Å². The van der Waals surface area contributed by atoms with Crippen molar-refractivity contribution in [2.45, 2.75) is 18.0 Å². The third-order valence-corrected chi connectivity index (χ3v) is 5.04. The van der Waals surface area contributed by atoms with Gasteiger partial charge in [0.15, 0.2) is 6.61 Å². The summed E-state index contributed by atoms with van der Waals surface area (Å²) in [4.78, 5) is 15.6. The molecule has 4 rings (SSSR count). The number of hydrogen-bond acceptors (Lipinski definition) is 7. The molecular weight excluding hydrogens is 445 g/mol. The first kappa shape index (κ1) is 21.6. The molecule has 2 aromatic carbocycles. The topological polar surface area (TPSA) is 90.1 Å². The molecule has 164 valence electrons. The molecule has 0 saturated heterocycles. The Morgan fingerprint density at radius 1 is 1.06 bits per heavy atom. The molecule has 0 radical (unpaired) electrons. The van der Waals surface area contributed by atoms with E-state index in [2.05, 4.69) is 20.5 Å². The van der Waals surface area contributed by atoms with Gasteiger partial charge in [0.25, 0.3) is 11.1 Å². The number of nitrogens with one attached hydrogen (secondary N) is 1. The molecule has 0 unspecified atom stereocenters. The fraction of sp³-hybridized carbons (Fsp3) is 0.143. The van der Waals surface area contributed by atoms with Crippen molar-refractivity contribution < 1.29 is 27.1 Å². The van der Waals surface area contributed by atoms with Crippen LogP contribution in [0.5, 0.6) is 5.75 Å². The van der Waals surface area contributed by atoms with Gasteiger partial charge in [0, 0.05) is 6.20 Å². The minimum Gasteiger partial charge on any atom is -0.484 e. The van der Waals surface area contributed by atoms with Crippen LogP contribution in [-0.4, -0.2) is 26.8 Å². The standard InChI is InChI=1S/C21H15F3N4O3S/c22-21(23,24)15-6-8-17(25-10-15)26-18(29)12-32-20-28-27-19(31-20)11-30-16-7-5-13-3-1-2-4-14(13)9-16/h1-10H,11-12H2,(H,25,26,29). The van der Waals surface area contributed by atoms with E-state index in [0.717, 1.165) is 34.7 Å². The van der Waals surface area contributed by atoms with Crippen molar-refractivity contribution in [2.24, 2.45) is 0 Å². The number of anilines is 1. The Labute approximate surface area is 184 Å². The van der Waals surface area contributed by atoms with Gasteiger partial charge in [-0.2, -0.15) is 13.2 Å². The highest BCUT2D eigenvalue weighted by Gasteiger charge is 2.30. The molecule has 2 heterocycles. The van der Waals surface area contributed by atoms with E-state index in [0.29, 0.717) is 11.9 Å². The number of ether oxygens (including phenoxy) is 1. The van der Waals surface area contributed by atoms with Gasteiger partial charge in [-0.3, -0.25) is 4.79 Å². The molecule has 0 aliphatic rings. The van der Waals surface area contributed by atoms with Gasteiger partial charge in [-0.15, -0.1) is 10.2 Å². The molecule has 0 spiro atoms. The number of hydrogen-bond donors (Lipinski definition) is 1. The van der Waals surface area contributed by atoms with Gasteiger partial charge in [-0.05, 0) is 35.0 Å². The van der Waals surface area contributed by atoms with Gasteiger partial charge < -0.3 is 14.5 Å². The van der Waals surface area contributed by atoms with Crippen LogP contribution < -0.4 is 10.1 Å². The Balaban J connectivity index is 1.26. The molecule has 0 saturated carbocycles. The van der Waals surface area contributed by atoms with Crippen LogP contribution in [0.3, 0.4) is 0 Å². The summed E-state index contributed by atoms with van der Waals surface area (Å²) in [6.45, 7) is 0.0631. The van der Waals surface area contributed by atoms with Gasteiger partial charge in [0.1, 0.15) is 11.6 Å². The van der Waals surface area contributed by atoms with Crippen LogP contribution >= 0.6 is 11.8 Å². The highest BCUT2D eigenvalue weighted by atomic mass is 32.2. The second kappa shape index (κ2) is 9.27. The average Bonchev–Trinajstić information content (AvgIpc) is 3.24. The number of pyridine rings is 1. The predicted molar refractivity (Wildman–Crippen MR) is 111 cm³/mol. The minimum absolute atomic E-state index is 0.0126. The predicted octanol–water partition coefficient (Wildman–Crippen LogP) is 4.95. The summed E-state index contributed by atoms with van der Waals surface area (Å²) >= 11 is 0.984. The summed E-state index contributed by atoms with van der Waals surface area (Å²) in [7, 11) is 0. The Hall–Kier alpha value is -3.60. The van der Waals surface area contributed by atoms with Gasteiger partial charge >= 0.3 is 6.18 Å². The lowest BCUT2D eigenvalue weighted by Gasteiger charge is -2.07. The highest BCUT2D eigenvalue weighted by molar-refractivity contribution is 7.99. The van der Waals surface area contributed by atoms with Gasteiger partial charge in [0.05, 0.1) is 11.3 Å². The number of halogens is 3. The Morgan fingerprint density at radius 2 is 1.88 bits per heavy atom. The average molecular weight is 460 g/mol. The quantitative estimate of drug-likeness (QED) is 0.391. The van der Waals surface area contributed by atoms with Crippen molar-refractivity contribution in [1.29, 1.82) is 0 Å². The number of benzene rings is 2. The van der Waals surface area contributed by atoms with E-state index >= 15 is 0 Å². The first-order chi connectivity index (χ1) is 15.4. The lowest BCUT2D eigenvalue weighted by Crippen LogP contribution is -2.15. The summed E-state index contributed by atoms with van der Waals surface area (Å²) < 4.78 is 48.7. The Morgan fingerprint density at radius 3 is 2.62 bits per heavy atom. The number of carbonyl (C=O) groups is 1. The maximum absolute atomic E-state index is 12.5. The molecule has 0 atom stereocenters. The van der Waals surface area contributed by atoms with E-state index in [1.807, 2.05) is 42.5 Å². The largest absolute Gasteiger partial charge is 0.484 e. The molecule has 4 aromatic rings. The van der Waals surface area contributed by atoms with Crippen molar-refractivity contribution in [3.8, 4) is 5.75 Å². The molecule has 0 aliphatic heterocycles. The fourth-order valence-electron chi connectivity index (χ4n) is 2.70. The molecule has 7 nitrogen and oxygen atoms in total. The molecule has 0 aliphatic carbocycles. The molecule has 1 amide bonds. The SMILES string of the molecule is O=C(CSc1nnc(COc2ccc3ccccc3c2)o1)Nc1ccc(C(F)(F)F)cn1. The monoisotopic (exact) mass is 460 g/mol. The first-order valence-electron chi connectivity index (χ1n) is 9.27. The van der Waals surface area contributed by atoms with E-state index in [4.69, 9.17) is 9.15 Å². The maximum atomic E-state index is 12.5. The third-order valence-electron chi connectivity index (χ3n) is 4.22. The van der Waals surface area contributed by atoms with E-state index < -0.39 is 17.6 Å². The summed E-state index contributed by atoms with van der Waals surface area (Å²) in [6, 6.07) is 15.5. The number of nitrogens with zero attached hydrogens (tertiary/aromatic N) is 3. The van der Waals surface area contributed by atoms with Crippen molar-refractivity contribution in [3.63, 3.8) is 0 Å². The number of alkyl halides is 3. The van der Waals surface area contributed by atoms with Crippen LogP contribution in [0.2, 0.25) is 0 Å². The van der Waals surface area contributed by atoms with E-state index in [1.165, 1.54) is 0 Å². The lowest BCUT2D eigenvalue weighted by atomic mass is 10.1. The summed E-state index contributed by atoms with van der Waals surface area (Å²) in [5, 5.41) is 12.4. The van der Waals surface area contributed by atoms with Crippen LogP contribution in [0.1, 0.15) is 11.5 Å². The van der Waals surface area contributed by atoms with Gasteiger partial charge in [0.2, 0.25) is 5.91 Å². The smallest absolute Gasteiger partial charge is 0.417 e. The molecule has 0 bridgehead atoms. The van der Waals surface area contributed by atoms with Crippen molar-refractivity contribution in [1.82, 2.24) is 15.2 Å². The second-order valence-electron chi connectivity index (χ2n) is 6.53. The molecule has 32 heavy (non-hydrogen) atoms. The molecule has 11 heteroatoms. The third kappa shape index (κ3) is 5.55. The number of amides is 1. The number of aromatic nitrogens is 3. The van der Waals surface area contributed by atoms with Crippen molar-refractivity contribution in [3.05, 3.63) is 72.2 Å². The maximum Gasteiger partial charge on any atom is 0.417 e. The fourth-order valence-corrected chi connectivity index (χ4v) is 3.28. The first-order valence-corrected chi connectivity index (χ1v) is 10.3. The van der Waals surface area contributed by atoms with Gasteiger partial charge in [-0.1, -0.05) is 42.1 Å². The van der Waals surface area contributed by atoms with E-state index in [1.54, 1.807) is 0 Å². The Kier molecular flexibility index (Phi) is 6.26. The van der Waals surface area contributed by atoms with Crippen LogP contribution in [0, 0.1) is 0 Å². The molecule has 2 aromatic heterocycles. The summed E-state index contributed by atoms with van der Waals surface area (Å²) in [6.07, 6.45) is -3.83. The highest BCUT2D eigenvalue weighted by Crippen LogP contribution is 2.29. The summed E-state index contributed by atoms with van der Waals surface area (Å²) in [5.74, 6) is 0.341. The molecule has 0 fully saturated rings. The number of thioether (sulfide) groups is 1.